The Hall–Kier alpha value is -1.15. The average molecular weight is 344 g/mol. The number of hydrogen-bond donors (Lipinski definition) is 1. The molecular weight excluding hydrogens is 320 g/mol. The fraction of sp³-hybridized carbons (Fsp3) is 0.867. The Bertz CT molecular complexity index is 579. The zero-order valence-electron chi connectivity index (χ0n) is 13.2. The van der Waals surface area contributed by atoms with Gasteiger partial charge in [-0.15, -0.1) is 0 Å². The van der Waals surface area contributed by atoms with Gasteiger partial charge in [-0.2, -0.15) is 4.31 Å². The number of aliphatic carboxylic acids is 1. The van der Waals surface area contributed by atoms with Crippen LogP contribution in [0.25, 0.3) is 0 Å². The first-order valence-corrected chi connectivity index (χ1v) is 9.94. The second-order valence-corrected chi connectivity index (χ2v) is 9.02. The van der Waals surface area contributed by atoms with Crippen LogP contribution >= 0.6 is 0 Å². The Morgan fingerprint density at radius 3 is 2.17 bits per heavy atom. The number of rotatable bonds is 4. The quantitative estimate of drug-likeness (QED) is 0.808. The van der Waals surface area contributed by atoms with Crippen LogP contribution in [0.2, 0.25) is 0 Å². The Morgan fingerprint density at radius 1 is 0.957 bits per heavy atom. The van der Waals surface area contributed by atoms with Crippen LogP contribution in [0.3, 0.4) is 0 Å². The molecule has 130 valence electrons. The smallest absolute Gasteiger partial charge is 0.322 e. The predicted molar refractivity (Wildman–Crippen MR) is 83.2 cm³/mol. The van der Waals surface area contributed by atoms with E-state index in [1.807, 2.05) is 0 Å². The second kappa shape index (κ2) is 6.39. The zero-order chi connectivity index (χ0) is 16.6. The maximum absolute atomic E-state index is 12.7. The summed E-state index contributed by atoms with van der Waals surface area (Å²) < 4.78 is 26.5. The highest BCUT2D eigenvalue weighted by atomic mass is 32.2. The van der Waals surface area contributed by atoms with Crippen molar-refractivity contribution < 1.29 is 23.1 Å². The van der Waals surface area contributed by atoms with Crippen LogP contribution in [0.15, 0.2) is 0 Å². The number of carboxylic acids is 1. The van der Waals surface area contributed by atoms with Crippen LogP contribution < -0.4 is 0 Å². The van der Waals surface area contributed by atoms with Gasteiger partial charge in [0.05, 0.1) is 0 Å². The molecule has 23 heavy (non-hydrogen) atoms. The van der Waals surface area contributed by atoms with E-state index < -0.39 is 27.3 Å². The third-order valence-corrected chi connectivity index (χ3v) is 7.58. The van der Waals surface area contributed by atoms with E-state index in [9.17, 15) is 23.1 Å². The van der Waals surface area contributed by atoms with Crippen molar-refractivity contribution in [1.82, 2.24) is 9.21 Å². The minimum absolute atomic E-state index is 0.0559. The van der Waals surface area contributed by atoms with Crippen molar-refractivity contribution >= 4 is 21.9 Å². The van der Waals surface area contributed by atoms with E-state index in [0.717, 1.165) is 36.4 Å². The summed E-state index contributed by atoms with van der Waals surface area (Å²) in [5, 5.41) is 8.61. The molecule has 7 nitrogen and oxygen atoms in total. The summed E-state index contributed by atoms with van der Waals surface area (Å²) in [6.07, 6.45) is 5.74. The molecule has 1 aliphatic carbocycles. The lowest BCUT2D eigenvalue weighted by molar-refractivity contribution is -0.143. The topological polar surface area (TPSA) is 95.0 Å². The van der Waals surface area contributed by atoms with E-state index in [4.69, 9.17) is 0 Å². The van der Waals surface area contributed by atoms with Crippen molar-refractivity contribution in [2.75, 3.05) is 19.6 Å². The lowest BCUT2D eigenvalue weighted by atomic mass is 10.0. The lowest BCUT2D eigenvalue weighted by Gasteiger charge is -2.43. The highest BCUT2D eigenvalue weighted by molar-refractivity contribution is 7.89. The largest absolute Gasteiger partial charge is 0.480 e. The molecule has 2 saturated heterocycles. The van der Waals surface area contributed by atoms with Crippen molar-refractivity contribution in [3.8, 4) is 0 Å². The number of sulfonamides is 1. The number of piperidine rings is 1. The highest BCUT2D eigenvalue weighted by Gasteiger charge is 2.47. The van der Waals surface area contributed by atoms with Crippen LogP contribution in [-0.2, 0) is 19.6 Å². The van der Waals surface area contributed by atoms with Gasteiger partial charge in [0.2, 0.25) is 15.9 Å². The Morgan fingerprint density at radius 2 is 1.57 bits per heavy atom. The first-order chi connectivity index (χ1) is 10.9. The predicted octanol–water partition coefficient (Wildman–Crippen LogP) is 0.656. The average Bonchev–Trinajstić information content (AvgIpc) is 2.99. The molecule has 2 heterocycles. The molecule has 1 N–H and O–H groups in total. The van der Waals surface area contributed by atoms with Gasteiger partial charge in [-0.3, -0.25) is 9.59 Å². The van der Waals surface area contributed by atoms with Gasteiger partial charge in [-0.05, 0) is 32.1 Å². The van der Waals surface area contributed by atoms with Gasteiger partial charge < -0.3 is 10.0 Å². The first-order valence-electron chi connectivity index (χ1n) is 8.43. The molecule has 1 amide bonds. The number of likely N-dealkylation sites (tertiary alicyclic amines) is 1. The fourth-order valence-electron chi connectivity index (χ4n) is 3.89. The van der Waals surface area contributed by atoms with Gasteiger partial charge in [0.15, 0.2) is 0 Å². The Balaban J connectivity index is 1.63. The fourth-order valence-corrected chi connectivity index (χ4v) is 5.94. The molecule has 0 aromatic heterocycles. The summed E-state index contributed by atoms with van der Waals surface area (Å²) in [5.41, 5.74) is 0. The molecule has 1 atom stereocenters. The molecule has 2 aliphatic heterocycles. The number of nitrogens with zero attached hydrogens (tertiary/aromatic N) is 2. The number of carbonyl (C=O) groups is 2. The third-order valence-electron chi connectivity index (χ3n) is 5.35. The molecule has 3 rings (SSSR count). The summed E-state index contributed by atoms with van der Waals surface area (Å²) >= 11 is 0. The SMILES string of the molecule is O=C(O)C1CCCCN1S(=O)(=O)C1CN(C(=O)C2CCCC2)C1. The van der Waals surface area contributed by atoms with Crippen molar-refractivity contribution in [2.24, 2.45) is 5.92 Å². The molecule has 0 bridgehead atoms. The molecule has 0 aromatic carbocycles. The van der Waals surface area contributed by atoms with Gasteiger partial charge >= 0.3 is 5.97 Å². The molecule has 8 heteroatoms. The van der Waals surface area contributed by atoms with Gasteiger partial charge in [-0.25, -0.2) is 8.42 Å². The van der Waals surface area contributed by atoms with Crippen molar-refractivity contribution in [3.63, 3.8) is 0 Å². The summed E-state index contributed by atoms with van der Waals surface area (Å²) in [6.45, 7) is 0.688. The van der Waals surface area contributed by atoms with E-state index in [2.05, 4.69) is 0 Å². The lowest BCUT2D eigenvalue weighted by Crippen LogP contribution is -2.63. The standard InChI is InChI=1S/C15H24N2O5S/c18-14(11-5-1-2-6-11)16-9-12(10-16)23(21,22)17-8-4-3-7-13(17)15(19)20/h11-13H,1-10H2,(H,19,20). The molecular formula is C15H24N2O5S. The maximum atomic E-state index is 12.7. The monoisotopic (exact) mass is 344 g/mol. The van der Waals surface area contributed by atoms with Crippen LogP contribution in [0.5, 0.6) is 0 Å². The normalized spacial score (nSPS) is 27.8. The summed E-state index contributed by atoms with van der Waals surface area (Å²) in [7, 11) is -3.65. The Kier molecular flexibility index (Phi) is 4.64. The zero-order valence-corrected chi connectivity index (χ0v) is 14.0. The van der Waals surface area contributed by atoms with Crippen molar-refractivity contribution in [3.05, 3.63) is 0 Å². The number of carbonyl (C=O) groups excluding carboxylic acids is 1. The molecule has 1 unspecified atom stereocenters. The van der Waals surface area contributed by atoms with Crippen molar-refractivity contribution in [1.29, 1.82) is 0 Å². The first kappa shape index (κ1) is 16.7. The van der Waals surface area contributed by atoms with Crippen LogP contribution in [0.1, 0.15) is 44.9 Å². The molecule has 3 fully saturated rings. The second-order valence-electron chi connectivity index (χ2n) is 6.85. The van der Waals surface area contributed by atoms with Gasteiger partial charge in [-0.1, -0.05) is 12.8 Å². The van der Waals surface area contributed by atoms with E-state index in [1.54, 1.807) is 4.90 Å². The van der Waals surface area contributed by atoms with Crippen molar-refractivity contribution in [2.45, 2.75) is 56.2 Å². The number of hydrogen-bond acceptors (Lipinski definition) is 4. The van der Waals surface area contributed by atoms with E-state index >= 15 is 0 Å². The number of carboxylic acid groups (broad SMARTS) is 1. The minimum Gasteiger partial charge on any atom is -0.480 e. The molecule has 1 saturated carbocycles. The maximum Gasteiger partial charge on any atom is 0.322 e. The summed E-state index contributed by atoms with van der Waals surface area (Å²) in [5.74, 6) is -0.950. The number of amides is 1. The van der Waals surface area contributed by atoms with Crippen LogP contribution in [0.4, 0.5) is 0 Å². The van der Waals surface area contributed by atoms with Gasteiger partial charge in [0.1, 0.15) is 11.3 Å². The van der Waals surface area contributed by atoms with Crippen LogP contribution in [-0.4, -0.2) is 65.5 Å². The summed E-state index contributed by atoms with van der Waals surface area (Å²) in [4.78, 5) is 25.2. The highest BCUT2D eigenvalue weighted by Crippen LogP contribution is 2.31. The molecule has 0 radical (unpaired) electrons. The minimum atomic E-state index is -3.65. The third kappa shape index (κ3) is 3.10. The summed E-state index contributed by atoms with van der Waals surface area (Å²) in [6, 6.07) is -0.951. The van der Waals surface area contributed by atoms with Gasteiger partial charge in [0, 0.05) is 25.6 Å². The van der Waals surface area contributed by atoms with Gasteiger partial charge in [0.25, 0.3) is 0 Å². The molecule has 0 spiro atoms. The molecule has 0 aromatic rings. The van der Waals surface area contributed by atoms with E-state index in [-0.39, 0.29) is 31.5 Å². The van der Waals surface area contributed by atoms with E-state index in [0.29, 0.717) is 12.8 Å². The van der Waals surface area contributed by atoms with E-state index in [1.165, 1.54) is 0 Å². The molecule has 3 aliphatic rings. The van der Waals surface area contributed by atoms with Crippen LogP contribution in [0, 0.1) is 5.92 Å². The Labute approximate surface area is 136 Å².